The normalized spacial score (nSPS) is 21.6. The van der Waals surface area contributed by atoms with Gasteiger partial charge in [-0.05, 0) is 13.3 Å². The predicted molar refractivity (Wildman–Crippen MR) is 59.2 cm³/mol. The number of amidine groups is 1. The van der Waals surface area contributed by atoms with Crippen LogP contribution >= 0.6 is 0 Å². The van der Waals surface area contributed by atoms with E-state index in [1.807, 2.05) is 6.92 Å². The van der Waals surface area contributed by atoms with Crippen LogP contribution in [0.1, 0.15) is 20.3 Å². The summed E-state index contributed by atoms with van der Waals surface area (Å²) in [4.78, 5) is 13.9. The average Bonchev–Trinajstić information content (AvgIpc) is 2.36. The number of rotatable bonds is 3. The van der Waals surface area contributed by atoms with Crippen LogP contribution in [-0.4, -0.2) is 48.2 Å². The molecule has 92 valence electrons. The van der Waals surface area contributed by atoms with Gasteiger partial charge >= 0.3 is 0 Å². The predicted octanol–water partition coefficient (Wildman–Crippen LogP) is 0.00790. The van der Waals surface area contributed by atoms with E-state index in [0.29, 0.717) is 32.7 Å². The molecule has 0 radical (unpaired) electrons. The van der Waals surface area contributed by atoms with Gasteiger partial charge in [-0.2, -0.15) is 0 Å². The number of carbonyl (C=O) groups is 1. The zero-order valence-electron chi connectivity index (χ0n) is 9.77. The maximum absolute atomic E-state index is 12.2. The van der Waals surface area contributed by atoms with Crippen molar-refractivity contribution in [2.24, 2.45) is 16.3 Å². The van der Waals surface area contributed by atoms with E-state index in [0.717, 1.165) is 0 Å². The Morgan fingerprint density at radius 3 is 2.56 bits per heavy atom. The number of nitrogens with zero attached hydrogens (tertiary/aromatic N) is 2. The van der Waals surface area contributed by atoms with Crippen molar-refractivity contribution in [2.45, 2.75) is 20.3 Å². The molecule has 0 aromatic heterocycles. The van der Waals surface area contributed by atoms with E-state index in [2.05, 4.69) is 5.16 Å². The number of ether oxygens (including phenoxy) is 1. The quantitative estimate of drug-likeness (QED) is 0.309. The standard InChI is InChI=1S/C10H19N3O3/c1-3-10(2,8(11)12-15)9(14)13-4-6-16-7-5-13/h15H,3-7H2,1-2H3,(H2,11,12). The van der Waals surface area contributed by atoms with Crippen molar-refractivity contribution in [2.75, 3.05) is 26.3 Å². The first kappa shape index (κ1) is 12.8. The molecule has 0 bridgehead atoms. The van der Waals surface area contributed by atoms with Gasteiger partial charge in [0.25, 0.3) is 0 Å². The van der Waals surface area contributed by atoms with Crippen LogP contribution in [0.4, 0.5) is 0 Å². The minimum atomic E-state index is -0.925. The van der Waals surface area contributed by atoms with Crippen molar-refractivity contribution >= 4 is 11.7 Å². The van der Waals surface area contributed by atoms with Crippen LogP contribution in [0, 0.1) is 5.41 Å². The third-order valence-electron chi connectivity index (χ3n) is 3.15. The summed E-state index contributed by atoms with van der Waals surface area (Å²) >= 11 is 0. The van der Waals surface area contributed by atoms with Crippen LogP contribution < -0.4 is 5.73 Å². The SMILES string of the molecule is CCC(C)(C(=O)N1CCOCC1)C(N)=NO. The molecule has 1 fully saturated rings. The van der Waals surface area contributed by atoms with Crippen LogP contribution in [0.5, 0.6) is 0 Å². The van der Waals surface area contributed by atoms with Crippen LogP contribution in [0.25, 0.3) is 0 Å². The number of morpholine rings is 1. The maximum atomic E-state index is 12.2. The lowest BCUT2D eigenvalue weighted by Gasteiger charge is -2.34. The lowest BCUT2D eigenvalue weighted by atomic mass is 9.84. The first-order valence-electron chi connectivity index (χ1n) is 5.41. The Hall–Kier alpha value is -1.30. The Bertz CT molecular complexity index is 287. The summed E-state index contributed by atoms with van der Waals surface area (Å²) in [5.74, 6) is -0.139. The van der Waals surface area contributed by atoms with Gasteiger partial charge in [-0.25, -0.2) is 0 Å². The van der Waals surface area contributed by atoms with Gasteiger partial charge in [0.15, 0.2) is 5.84 Å². The van der Waals surface area contributed by atoms with Crippen molar-refractivity contribution in [1.82, 2.24) is 4.90 Å². The fourth-order valence-corrected chi connectivity index (χ4v) is 1.67. The van der Waals surface area contributed by atoms with Gasteiger partial charge in [-0.1, -0.05) is 12.1 Å². The molecule has 0 spiro atoms. The fourth-order valence-electron chi connectivity index (χ4n) is 1.67. The summed E-state index contributed by atoms with van der Waals surface area (Å²) in [6.45, 7) is 5.75. The second kappa shape index (κ2) is 5.16. The second-order valence-electron chi connectivity index (χ2n) is 4.08. The lowest BCUT2D eigenvalue weighted by molar-refractivity contribution is -0.142. The average molecular weight is 229 g/mol. The monoisotopic (exact) mass is 229 g/mol. The van der Waals surface area contributed by atoms with Crippen LogP contribution in [0.15, 0.2) is 5.16 Å². The Balaban J connectivity index is 2.83. The number of amides is 1. The van der Waals surface area contributed by atoms with Gasteiger partial charge in [-0.3, -0.25) is 4.79 Å². The highest BCUT2D eigenvalue weighted by atomic mass is 16.5. The third kappa shape index (κ3) is 2.27. The zero-order chi connectivity index (χ0) is 12.2. The molecule has 6 heteroatoms. The largest absolute Gasteiger partial charge is 0.409 e. The molecule has 0 aromatic carbocycles. The van der Waals surface area contributed by atoms with Crippen molar-refractivity contribution in [3.8, 4) is 0 Å². The highest BCUT2D eigenvalue weighted by molar-refractivity contribution is 6.06. The fraction of sp³-hybridized carbons (Fsp3) is 0.800. The molecule has 1 unspecified atom stereocenters. The van der Waals surface area contributed by atoms with E-state index in [9.17, 15) is 4.79 Å². The molecular formula is C10H19N3O3. The van der Waals surface area contributed by atoms with Crippen molar-refractivity contribution in [3.05, 3.63) is 0 Å². The summed E-state index contributed by atoms with van der Waals surface area (Å²) in [5.41, 5.74) is 4.67. The Kier molecular flexibility index (Phi) is 4.12. The highest BCUT2D eigenvalue weighted by Gasteiger charge is 2.39. The molecular weight excluding hydrogens is 210 g/mol. The summed E-state index contributed by atoms with van der Waals surface area (Å²) < 4.78 is 5.18. The molecule has 1 atom stereocenters. The topological polar surface area (TPSA) is 88.2 Å². The molecule has 1 aliphatic rings. The summed E-state index contributed by atoms with van der Waals surface area (Å²) in [7, 11) is 0. The molecule has 0 aromatic rings. The van der Waals surface area contributed by atoms with E-state index < -0.39 is 5.41 Å². The highest BCUT2D eigenvalue weighted by Crippen LogP contribution is 2.25. The zero-order valence-corrected chi connectivity index (χ0v) is 9.77. The number of hydrogen-bond acceptors (Lipinski definition) is 4. The molecule has 1 saturated heterocycles. The van der Waals surface area contributed by atoms with E-state index in [4.69, 9.17) is 15.7 Å². The van der Waals surface area contributed by atoms with Gasteiger partial charge < -0.3 is 20.6 Å². The molecule has 0 saturated carbocycles. The Morgan fingerprint density at radius 2 is 2.12 bits per heavy atom. The van der Waals surface area contributed by atoms with E-state index in [1.165, 1.54) is 0 Å². The third-order valence-corrected chi connectivity index (χ3v) is 3.15. The summed E-state index contributed by atoms with van der Waals surface area (Å²) in [5, 5.41) is 11.7. The molecule has 1 heterocycles. The van der Waals surface area contributed by atoms with Crippen LogP contribution in [0.2, 0.25) is 0 Å². The van der Waals surface area contributed by atoms with Gasteiger partial charge in [0.05, 0.1) is 13.2 Å². The van der Waals surface area contributed by atoms with Gasteiger partial charge in [0, 0.05) is 13.1 Å². The molecule has 6 nitrogen and oxygen atoms in total. The maximum Gasteiger partial charge on any atom is 0.236 e. The molecule has 1 rings (SSSR count). The van der Waals surface area contributed by atoms with Crippen molar-refractivity contribution in [3.63, 3.8) is 0 Å². The first-order chi connectivity index (χ1) is 7.56. The first-order valence-corrected chi connectivity index (χ1v) is 5.41. The molecule has 0 aliphatic carbocycles. The van der Waals surface area contributed by atoms with Crippen LogP contribution in [-0.2, 0) is 9.53 Å². The molecule has 3 N–H and O–H groups in total. The molecule has 1 amide bonds. The Morgan fingerprint density at radius 1 is 1.56 bits per heavy atom. The van der Waals surface area contributed by atoms with E-state index in [1.54, 1.807) is 11.8 Å². The summed E-state index contributed by atoms with van der Waals surface area (Å²) in [6.07, 6.45) is 0.499. The number of carbonyl (C=O) groups excluding carboxylic acids is 1. The number of oxime groups is 1. The van der Waals surface area contributed by atoms with Crippen molar-refractivity contribution in [1.29, 1.82) is 0 Å². The van der Waals surface area contributed by atoms with E-state index >= 15 is 0 Å². The van der Waals surface area contributed by atoms with Crippen LogP contribution in [0.3, 0.4) is 0 Å². The lowest BCUT2D eigenvalue weighted by Crippen LogP contribution is -2.52. The smallest absolute Gasteiger partial charge is 0.236 e. The minimum Gasteiger partial charge on any atom is -0.409 e. The molecule has 16 heavy (non-hydrogen) atoms. The number of nitrogens with two attached hydrogens (primary N) is 1. The van der Waals surface area contributed by atoms with Gasteiger partial charge in [-0.15, -0.1) is 0 Å². The van der Waals surface area contributed by atoms with Gasteiger partial charge in [0.2, 0.25) is 5.91 Å². The van der Waals surface area contributed by atoms with Crippen molar-refractivity contribution < 1.29 is 14.7 Å². The number of hydrogen-bond donors (Lipinski definition) is 2. The van der Waals surface area contributed by atoms with E-state index in [-0.39, 0.29) is 11.7 Å². The van der Waals surface area contributed by atoms with Gasteiger partial charge in [0.1, 0.15) is 5.41 Å². The second-order valence-corrected chi connectivity index (χ2v) is 4.08. The summed E-state index contributed by atoms with van der Waals surface area (Å²) in [6, 6.07) is 0. The Labute approximate surface area is 95.0 Å². The molecule has 1 aliphatic heterocycles. The minimum absolute atomic E-state index is 0.0357.